The van der Waals surface area contributed by atoms with Crippen molar-refractivity contribution in [3.05, 3.63) is 60.8 Å². The summed E-state index contributed by atoms with van der Waals surface area (Å²) in [5.41, 5.74) is -2.11. The van der Waals surface area contributed by atoms with E-state index in [0.717, 1.165) is 10.8 Å². The van der Waals surface area contributed by atoms with Crippen molar-refractivity contribution in [2.45, 2.75) is 0 Å². The van der Waals surface area contributed by atoms with Crippen LogP contribution in [0, 0.1) is 0 Å². The van der Waals surface area contributed by atoms with E-state index in [4.69, 9.17) is 28.3 Å². The van der Waals surface area contributed by atoms with Crippen LogP contribution in [0.1, 0.15) is 10.4 Å². The van der Waals surface area contributed by atoms with Crippen LogP contribution in [0.2, 0.25) is 10.0 Å². The number of H-pyrrole nitrogens is 1. The maximum atomic E-state index is 11.7. The Balaban J connectivity index is 2.75. The molecular formula is C11H6Cl2N2O4. The van der Waals surface area contributed by atoms with E-state index < -0.39 is 22.8 Å². The van der Waals surface area contributed by atoms with Crippen LogP contribution in [0.4, 0.5) is 0 Å². The van der Waals surface area contributed by atoms with Crippen molar-refractivity contribution in [1.82, 2.24) is 9.55 Å². The third-order valence-electron chi connectivity index (χ3n) is 2.34. The summed E-state index contributed by atoms with van der Waals surface area (Å²) in [5, 5.41) is 9.37. The molecule has 2 aromatic rings. The lowest BCUT2D eigenvalue weighted by Gasteiger charge is -2.08. The van der Waals surface area contributed by atoms with Gasteiger partial charge in [0.15, 0.2) is 0 Å². The summed E-state index contributed by atoms with van der Waals surface area (Å²) < 4.78 is 0.934. The minimum atomic E-state index is -1.44. The lowest BCUT2D eigenvalue weighted by atomic mass is 10.3. The highest BCUT2D eigenvalue weighted by atomic mass is 35.5. The van der Waals surface area contributed by atoms with Gasteiger partial charge in [0.1, 0.15) is 5.56 Å². The van der Waals surface area contributed by atoms with E-state index in [9.17, 15) is 14.4 Å². The van der Waals surface area contributed by atoms with E-state index in [1.165, 1.54) is 18.2 Å². The molecule has 2 N–H and O–H groups in total. The van der Waals surface area contributed by atoms with Gasteiger partial charge in [0, 0.05) is 11.2 Å². The van der Waals surface area contributed by atoms with E-state index in [-0.39, 0.29) is 10.7 Å². The lowest BCUT2D eigenvalue weighted by molar-refractivity contribution is 0.0694. The van der Waals surface area contributed by atoms with Crippen molar-refractivity contribution in [3.8, 4) is 5.69 Å². The fourth-order valence-corrected chi connectivity index (χ4v) is 1.98. The highest BCUT2D eigenvalue weighted by Crippen LogP contribution is 2.23. The number of nitrogens with one attached hydrogen (secondary N) is 1. The number of aromatic carboxylic acids is 1. The first-order chi connectivity index (χ1) is 8.90. The van der Waals surface area contributed by atoms with Crippen molar-refractivity contribution in [2.75, 3.05) is 0 Å². The van der Waals surface area contributed by atoms with Crippen molar-refractivity contribution < 1.29 is 9.90 Å². The van der Waals surface area contributed by atoms with Gasteiger partial charge in [0.25, 0.3) is 5.56 Å². The Kier molecular flexibility index (Phi) is 3.46. The first-order valence-corrected chi connectivity index (χ1v) is 5.70. The molecule has 1 heterocycles. The van der Waals surface area contributed by atoms with Crippen molar-refractivity contribution >= 4 is 29.2 Å². The molecule has 0 aliphatic heterocycles. The molecule has 0 atom stereocenters. The van der Waals surface area contributed by atoms with Gasteiger partial charge in [-0.15, -0.1) is 0 Å². The molecular weight excluding hydrogens is 295 g/mol. The molecule has 0 spiro atoms. The quantitative estimate of drug-likeness (QED) is 0.880. The highest BCUT2D eigenvalue weighted by molar-refractivity contribution is 6.35. The largest absolute Gasteiger partial charge is 0.477 e. The third kappa shape index (κ3) is 2.54. The van der Waals surface area contributed by atoms with Crippen molar-refractivity contribution in [1.29, 1.82) is 0 Å². The minimum absolute atomic E-state index is 0.151. The molecule has 2 rings (SSSR count). The number of aromatic amines is 1. The average Bonchev–Trinajstić information content (AvgIpc) is 2.30. The van der Waals surface area contributed by atoms with Crippen LogP contribution in [0.15, 0.2) is 34.0 Å². The van der Waals surface area contributed by atoms with E-state index >= 15 is 0 Å². The molecule has 0 bridgehead atoms. The monoisotopic (exact) mass is 300 g/mol. The molecule has 6 nitrogen and oxygen atoms in total. The van der Waals surface area contributed by atoms with Gasteiger partial charge in [-0.25, -0.2) is 9.59 Å². The summed E-state index contributed by atoms with van der Waals surface area (Å²) >= 11 is 11.7. The summed E-state index contributed by atoms with van der Waals surface area (Å²) in [6.45, 7) is 0. The number of rotatable bonds is 2. The molecule has 0 aliphatic rings. The van der Waals surface area contributed by atoms with Crippen LogP contribution < -0.4 is 11.2 Å². The molecule has 0 aliphatic carbocycles. The molecule has 0 saturated heterocycles. The summed E-state index contributed by atoms with van der Waals surface area (Å²) in [6.07, 6.45) is 0.915. The van der Waals surface area contributed by atoms with Crippen LogP contribution in [0.25, 0.3) is 5.69 Å². The summed E-state index contributed by atoms with van der Waals surface area (Å²) in [6, 6.07) is 4.33. The third-order valence-corrected chi connectivity index (χ3v) is 2.88. The van der Waals surface area contributed by atoms with Crippen LogP contribution in [-0.2, 0) is 0 Å². The van der Waals surface area contributed by atoms with Gasteiger partial charge in [-0.3, -0.25) is 14.3 Å². The fourth-order valence-electron chi connectivity index (χ4n) is 1.48. The van der Waals surface area contributed by atoms with E-state index in [0.29, 0.717) is 5.02 Å². The number of nitrogens with zero attached hydrogens (tertiary/aromatic N) is 1. The predicted molar refractivity (Wildman–Crippen MR) is 69.6 cm³/mol. The molecule has 1 aromatic carbocycles. The molecule has 1 aromatic heterocycles. The summed E-state index contributed by atoms with van der Waals surface area (Å²) in [5.74, 6) is -1.44. The summed E-state index contributed by atoms with van der Waals surface area (Å²) in [4.78, 5) is 35.8. The van der Waals surface area contributed by atoms with Gasteiger partial charge in [-0.05, 0) is 18.2 Å². The molecule has 0 amide bonds. The first kappa shape index (κ1) is 13.4. The molecule has 8 heteroatoms. The zero-order valence-electron chi connectivity index (χ0n) is 9.18. The average molecular weight is 301 g/mol. The smallest absolute Gasteiger partial charge is 0.342 e. The zero-order chi connectivity index (χ0) is 14.2. The molecule has 0 saturated carbocycles. The number of benzene rings is 1. The Morgan fingerprint density at radius 1 is 1.26 bits per heavy atom. The lowest BCUT2D eigenvalue weighted by Crippen LogP contribution is -2.32. The van der Waals surface area contributed by atoms with Gasteiger partial charge in [0.2, 0.25) is 0 Å². The van der Waals surface area contributed by atoms with Crippen molar-refractivity contribution in [2.24, 2.45) is 0 Å². The number of hydrogen-bond acceptors (Lipinski definition) is 3. The second kappa shape index (κ2) is 4.91. The predicted octanol–water partition coefficient (Wildman–Crippen LogP) is 1.53. The number of carboxylic acids is 1. The topological polar surface area (TPSA) is 92.2 Å². The first-order valence-electron chi connectivity index (χ1n) is 4.95. The Morgan fingerprint density at radius 2 is 1.95 bits per heavy atom. The SMILES string of the molecule is O=C(O)c1cn(-c2ccc(Cl)cc2Cl)c(=O)[nH]c1=O. The number of carboxylic acid groups (broad SMARTS) is 1. The van der Waals surface area contributed by atoms with Crippen LogP contribution in [0.5, 0.6) is 0 Å². The highest BCUT2D eigenvalue weighted by Gasteiger charge is 2.14. The van der Waals surface area contributed by atoms with Crippen LogP contribution >= 0.6 is 23.2 Å². The van der Waals surface area contributed by atoms with Gasteiger partial charge in [-0.2, -0.15) is 0 Å². The molecule has 0 unspecified atom stereocenters. The maximum absolute atomic E-state index is 11.7. The van der Waals surface area contributed by atoms with Gasteiger partial charge >= 0.3 is 11.7 Å². The van der Waals surface area contributed by atoms with E-state index in [1.54, 1.807) is 0 Å². The molecule has 0 fully saturated rings. The van der Waals surface area contributed by atoms with Crippen LogP contribution in [-0.4, -0.2) is 20.6 Å². The molecule has 19 heavy (non-hydrogen) atoms. The van der Waals surface area contributed by atoms with Crippen LogP contribution in [0.3, 0.4) is 0 Å². The number of hydrogen-bond donors (Lipinski definition) is 2. The normalized spacial score (nSPS) is 10.4. The van der Waals surface area contributed by atoms with Gasteiger partial charge in [0.05, 0.1) is 10.7 Å². The van der Waals surface area contributed by atoms with Gasteiger partial charge < -0.3 is 5.11 Å². The number of carbonyl (C=O) groups is 1. The standard InChI is InChI=1S/C11H6Cl2N2O4/c12-5-1-2-8(7(13)3-5)15-4-6(10(17)18)9(16)14-11(15)19/h1-4H,(H,17,18)(H,14,16,19). The summed E-state index contributed by atoms with van der Waals surface area (Å²) in [7, 11) is 0. The Hall–Kier alpha value is -2.05. The Morgan fingerprint density at radius 3 is 2.53 bits per heavy atom. The Labute approximate surface area is 115 Å². The molecule has 98 valence electrons. The zero-order valence-corrected chi connectivity index (χ0v) is 10.7. The Bertz CT molecular complexity index is 779. The number of halogens is 2. The fraction of sp³-hybridized carbons (Fsp3) is 0. The minimum Gasteiger partial charge on any atom is -0.477 e. The second-order valence-corrected chi connectivity index (χ2v) is 4.42. The molecule has 0 radical (unpaired) electrons. The van der Waals surface area contributed by atoms with Gasteiger partial charge in [-0.1, -0.05) is 23.2 Å². The van der Waals surface area contributed by atoms with E-state index in [2.05, 4.69) is 0 Å². The number of aromatic nitrogens is 2. The maximum Gasteiger partial charge on any atom is 0.342 e. The van der Waals surface area contributed by atoms with E-state index in [1.807, 2.05) is 4.98 Å². The van der Waals surface area contributed by atoms with Crippen molar-refractivity contribution in [3.63, 3.8) is 0 Å². The second-order valence-electron chi connectivity index (χ2n) is 3.57.